The van der Waals surface area contributed by atoms with E-state index in [0.29, 0.717) is 32.5 Å². The zero-order chi connectivity index (χ0) is 23.4. The minimum Gasteiger partial charge on any atom is -0.353 e. The monoisotopic (exact) mass is 479 g/mol. The molecule has 1 saturated carbocycles. The summed E-state index contributed by atoms with van der Waals surface area (Å²) in [6, 6.07) is 4.91. The summed E-state index contributed by atoms with van der Waals surface area (Å²) in [6.07, 6.45) is 8.15. The molecule has 1 aromatic rings. The largest absolute Gasteiger partial charge is 0.353 e. The van der Waals surface area contributed by atoms with Crippen LogP contribution in [0, 0.1) is 17.7 Å². The van der Waals surface area contributed by atoms with Gasteiger partial charge in [0.25, 0.3) is 0 Å². The van der Waals surface area contributed by atoms with Crippen LogP contribution in [0.1, 0.15) is 57.8 Å². The molecule has 2 saturated heterocycles. The average molecular weight is 480 g/mol. The number of amides is 2. The Labute approximate surface area is 195 Å². The van der Waals surface area contributed by atoms with Crippen molar-refractivity contribution in [2.24, 2.45) is 11.8 Å². The van der Waals surface area contributed by atoms with E-state index >= 15 is 0 Å². The Morgan fingerprint density at radius 3 is 2.15 bits per heavy atom. The molecule has 1 aromatic carbocycles. The average Bonchev–Trinajstić information content (AvgIpc) is 2.85. The fraction of sp³-hybridized carbons (Fsp3) is 0.667. The molecule has 2 aliphatic heterocycles. The van der Waals surface area contributed by atoms with Crippen LogP contribution in [0.25, 0.3) is 0 Å². The molecule has 1 aliphatic carbocycles. The van der Waals surface area contributed by atoms with Gasteiger partial charge in [-0.25, -0.2) is 12.8 Å². The summed E-state index contributed by atoms with van der Waals surface area (Å²) in [5, 5.41) is 3.19. The second kappa shape index (κ2) is 10.5. The van der Waals surface area contributed by atoms with Gasteiger partial charge in [0.15, 0.2) is 0 Å². The lowest BCUT2D eigenvalue weighted by Crippen LogP contribution is -2.51. The van der Waals surface area contributed by atoms with Gasteiger partial charge >= 0.3 is 0 Å². The maximum atomic E-state index is 13.2. The normalized spacial score (nSPS) is 23.9. The van der Waals surface area contributed by atoms with E-state index in [4.69, 9.17) is 0 Å². The topological polar surface area (TPSA) is 86.8 Å². The van der Waals surface area contributed by atoms with Gasteiger partial charge in [0, 0.05) is 38.1 Å². The number of rotatable bonds is 5. The fourth-order valence-corrected chi connectivity index (χ4v) is 6.83. The summed E-state index contributed by atoms with van der Waals surface area (Å²) in [4.78, 5) is 27.5. The molecular weight excluding hydrogens is 445 g/mol. The van der Waals surface area contributed by atoms with Crippen molar-refractivity contribution in [3.8, 4) is 0 Å². The van der Waals surface area contributed by atoms with E-state index in [9.17, 15) is 22.4 Å². The number of sulfonamides is 1. The first-order valence-corrected chi connectivity index (χ1v) is 13.6. The summed E-state index contributed by atoms with van der Waals surface area (Å²) in [7, 11) is -3.76. The smallest absolute Gasteiger partial charge is 0.243 e. The van der Waals surface area contributed by atoms with Crippen LogP contribution in [-0.4, -0.2) is 61.7 Å². The predicted molar refractivity (Wildman–Crippen MR) is 122 cm³/mol. The van der Waals surface area contributed by atoms with Crippen LogP contribution in [0.3, 0.4) is 0 Å². The molecule has 3 aliphatic rings. The number of nitrogens with one attached hydrogen (secondary N) is 1. The molecule has 0 radical (unpaired) electrons. The van der Waals surface area contributed by atoms with Crippen molar-refractivity contribution in [1.29, 1.82) is 0 Å². The summed E-state index contributed by atoms with van der Waals surface area (Å²) in [5.41, 5.74) is 0. The zero-order valence-corrected chi connectivity index (χ0v) is 19.9. The number of hydrogen-bond acceptors (Lipinski definition) is 4. The number of carbonyl (C=O) groups is 2. The van der Waals surface area contributed by atoms with Crippen LogP contribution in [0.2, 0.25) is 0 Å². The molecule has 0 aromatic heterocycles. The van der Waals surface area contributed by atoms with Crippen molar-refractivity contribution < 1.29 is 22.4 Å². The molecule has 3 fully saturated rings. The standard InChI is InChI=1S/C24H34FN3O4S/c25-20-8-10-22(11-9-20)33(31,32)28-14-4-7-19(17-28)24(30)27-15-12-21(13-16-27)26-23(29)18-5-2-1-3-6-18/h8-11,18-19,21H,1-7,12-17H2,(H,26,29). The maximum absolute atomic E-state index is 13.2. The number of piperidine rings is 2. The van der Waals surface area contributed by atoms with E-state index in [-0.39, 0.29) is 41.1 Å². The second-order valence-corrected chi connectivity index (χ2v) is 11.5. The Morgan fingerprint density at radius 2 is 1.48 bits per heavy atom. The van der Waals surface area contributed by atoms with Crippen LogP contribution < -0.4 is 5.32 Å². The molecule has 9 heteroatoms. The summed E-state index contributed by atoms with van der Waals surface area (Å²) in [5.74, 6) is -0.574. The SMILES string of the molecule is O=C(NC1CCN(C(=O)C2CCCN(S(=O)(=O)c3ccc(F)cc3)C2)CC1)C1CCCCC1. The fourth-order valence-electron chi connectivity index (χ4n) is 5.30. The van der Waals surface area contributed by atoms with E-state index in [0.717, 1.165) is 50.7 Å². The molecule has 2 heterocycles. The van der Waals surface area contributed by atoms with Crippen molar-refractivity contribution in [3.63, 3.8) is 0 Å². The first-order valence-electron chi connectivity index (χ1n) is 12.2. The lowest BCUT2D eigenvalue weighted by atomic mass is 9.88. The van der Waals surface area contributed by atoms with Gasteiger partial charge in [-0.2, -0.15) is 4.31 Å². The predicted octanol–water partition coefficient (Wildman–Crippen LogP) is 2.91. The highest BCUT2D eigenvalue weighted by Crippen LogP contribution is 2.27. The maximum Gasteiger partial charge on any atom is 0.243 e. The minimum absolute atomic E-state index is 0.00827. The van der Waals surface area contributed by atoms with Crippen LogP contribution in [0.15, 0.2) is 29.2 Å². The van der Waals surface area contributed by atoms with Crippen LogP contribution in [-0.2, 0) is 19.6 Å². The summed E-state index contributed by atoms with van der Waals surface area (Å²) >= 11 is 0. The Balaban J connectivity index is 1.29. The van der Waals surface area contributed by atoms with Gasteiger partial charge in [-0.1, -0.05) is 19.3 Å². The van der Waals surface area contributed by atoms with Gasteiger partial charge in [-0.3, -0.25) is 9.59 Å². The van der Waals surface area contributed by atoms with Crippen molar-refractivity contribution in [2.45, 2.75) is 68.7 Å². The third-order valence-corrected chi connectivity index (χ3v) is 9.19. The number of nitrogens with zero attached hydrogens (tertiary/aromatic N) is 2. The molecule has 0 bridgehead atoms. The van der Waals surface area contributed by atoms with Gasteiger partial charge in [-0.15, -0.1) is 0 Å². The minimum atomic E-state index is -3.76. The number of carbonyl (C=O) groups excluding carboxylic acids is 2. The number of halogens is 1. The zero-order valence-electron chi connectivity index (χ0n) is 19.0. The molecule has 0 spiro atoms. The first kappa shape index (κ1) is 24.1. The van der Waals surface area contributed by atoms with E-state index in [1.807, 2.05) is 4.90 Å². The van der Waals surface area contributed by atoms with Gasteiger partial charge in [0.2, 0.25) is 21.8 Å². The highest BCUT2D eigenvalue weighted by molar-refractivity contribution is 7.89. The van der Waals surface area contributed by atoms with E-state index in [2.05, 4.69) is 5.32 Å². The molecule has 7 nitrogen and oxygen atoms in total. The summed E-state index contributed by atoms with van der Waals surface area (Å²) < 4.78 is 40.5. The Bertz CT molecular complexity index is 939. The molecule has 1 unspecified atom stereocenters. The molecule has 33 heavy (non-hydrogen) atoms. The van der Waals surface area contributed by atoms with Crippen molar-refractivity contribution >= 4 is 21.8 Å². The lowest BCUT2D eigenvalue weighted by molar-refractivity contribution is -0.138. The third kappa shape index (κ3) is 5.74. The van der Waals surface area contributed by atoms with Crippen LogP contribution in [0.4, 0.5) is 4.39 Å². The molecule has 182 valence electrons. The highest BCUT2D eigenvalue weighted by atomic mass is 32.2. The molecular formula is C24H34FN3O4S. The quantitative estimate of drug-likeness (QED) is 0.704. The summed E-state index contributed by atoms with van der Waals surface area (Å²) in [6.45, 7) is 1.67. The molecule has 1 atom stereocenters. The third-order valence-electron chi connectivity index (χ3n) is 7.31. The highest BCUT2D eigenvalue weighted by Gasteiger charge is 2.36. The van der Waals surface area contributed by atoms with E-state index < -0.39 is 15.8 Å². The molecule has 2 amide bonds. The number of hydrogen-bond donors (Lipinski definition) is 1. The lowest BCUT2D eigenvalue weighted by Gasteiger charge is -2.38. The number of likely N-dealkylation sites (tertiary alicyclic amines) is 1. The van der Waals surface area contributed by atoms with Gasteiger partial charge in [0.05, 0.1) is 10.8 Å². The molecule has 1 N–H and O–H groups in total. The number of benzene rings is 1. The van der Waals surface area contributed by atoms with Crippen molar-refractivity contribution in [3.05, 3.63) is 30.1 Å². The van der Waals surface area contributed by atoms with E-state index in [1.54, 1.807) is 0 Å². The van der Waals surface area contributed by atoms with E-state index in [1.165, 1.54) is 22.9 Å². The Morgan fingerprint density at radius 1 is 0.848 bits per heavy atom. The molecule has 4 rings (SSSR count). The van der Waals surface area contributed by atoms with Gasteiger partial charge in [0.1, 0.15) is 5.82 Å². The second-order valence-electron chi connectivity index (χ2n) is 9.60. The van der Waals surface area contributed by atoms with Crippen LogP contribution >= 0.6 is 0 Å². The Hall–Kier alpha value is -2.00. The van der Waals surface area contributed by atoms with Crippen molar-refractivity contribution in [2.75, 3.05) is 26.2 Å². The Kier molecular flexibility index (Phi) is 7.69. The van der Waals surface area contributed by atoms with Gasteiger partial charge in [-0.05, 0) is 62.8 Å². The van der Waals surface area contributed by atoms with Crippen LogP contribution in [0.5, 0.6) is 0 Å². The van der Waals surface area contributed by atoms with Gasteiger partial charge < -0.3 is 10.2 Å². The first-order chi connectivity index (χ1) is 15.8. The van der Waals surface area contributed by atoms with Crippen molar-refractivity contribution in [1.82, 2.24) is 14.5 Å².